The number of anilines is 1. The Morgan fingerprint density at radius 1 is 0.521 bits per heavy atom. The van der Waals surface area contributed by atoms with Crippen molar-refractivity contribution in [2.45, 2.75) is 50.6 Å². The van der Waals surface area contributed by atoms with E-state index in [2.05, 4.69) is 39.9 Å². The number of hydrogen-bond acceptors (Lipinski definition) is 12. The highest BCUT2D eigenvalue weighted by Crippen LogP contribution is 2.31. The zero-order valence-corrected chi connectivity index (χ0v) is 42.9. The predicted molar refractivity (Wildman–Crippen MR) is 299 cm³/mol. The molecule has 2 unspecified atom stereocenters. The summed E-state index contributed by atoms with van der Waals surface area (Å²) in [6.45, 7) is 17.3. The number of likely N-dealkylation sites (N-methyl/N-ethyl adjacent to an activating group) is 2. The molecule has 0 spiro atoms. The average Bonchev–Trinajstić information content (AvgIpc) is 1.01. The highest BCUT2D eigenvalue weighted by atomic mass is 19.1. The smallest absolute Gasteiger partial charge is 0.254 e. The fourth-order valence-electron chi connectivity index (χ4n) is 9.68. The second-order valence-corrected chi connectivity index (χ2v) is 19.1. The molecule has 3 N–H and O–H groups in total. The Hall–Kier alpha value is -5.39. The molecule has 4 heterocycles. The minimum Gasteiger partial charge on any atom is -0.378 e. The maximum atomic E-state index is 13.9. The molecular weight excluding hydrogens is 900 g/mol. The molecule has 4 aliphatic rings. The SMILES string of the molecule is C1CNCCN1.CCC(Cc1ccc(C(=O)N2CCOCC2)cc1)(C(=O)c1ccc(F)cc1)N(C)C.CCC(Cc1ccc(C(=O)N2CCOCC2)cc1)(C(=O)c1ccc(N2CCNCC2)cc1)N(C)C.[2H][2H].[2H][2H].[2H][2H].[2H][2H].[2H][2H].[2H][2H].[2H][2H].[2H][2H].[2H][2H]. The van der Waals surface area contributed by atoms with Gasteiger partial charge in [-0.25, -0.2) is 4.39 Å². The van der Waals surface area contributed by atoms with E-state index in [1.165, 1.54) is 24.3 Å². The topological polar surface area (TPSA) is 139 Å². The van der Waals surface area contributed by atoms with E-state index in [1.54, 1.807) is 4.90 Å². The van der Waals surface area contributed by atoms with Crippen molar-refractivity contribution in [2.24, 2.45) is 0 Å². The third-order valence-electron chi connectivity index (χ3n) is 14.4. The summed E-state index contributed by atoms with van der Waals surface area (Å²) < 4.78 is 114. The van der Waals surface area contributed by atoms with Crippen LogP contribution in [-0.4, -0.2) is 187 Å². The van der Waals surface area contributed by atoms with Crippen LogP contribution in [0.3, 0.4) is 0 Å². The second-order valence-electron chi connectivity index (χ2n) is 19.1. The molecule has 4 aromatic carbocycles. The zero-order chi connectivity index (χ0) is 68.8. The molecule has 4 fully saturated rings. The van der Waals surface area contributed by atoms with E-state index in [1.807, 2.05) is 110 Å². The van der Waals surface area contributed by atoms with Gasteiger partial charge in [0.2, 0.25) is 0 Å². The van der Waals surface area contributed by atoms with Crippen molar-refractivity contribution < 1.29 is 59.8 Å². The molecule has 15 heteroatoms. The van der Waals surface area contributed by atoms with Gasteiger partial charge in [-0.1, -0.05) is 38.1 Å². The Kier molecular flexibility index (Phi) is 16.4. The molecule has 71 heavy (non-hydrogen) atoms. The fourth-order valence-corrected chi connectivity index (χ4v) is 9.68. The van der Waals surface area contributed by atoms with Crippen LogP contribution in [0.1, 0.15) is 106 Å². The molecule has 4 saturated heterocycles. The van der Waals surface area contributed by atoms with Crippen LogP contribution in [0, 0.1) is 5.82 Å². The number of nitrogens with one attached hydrogen (secondary N) is 3. The van der Waals surface area contributed by atoms with Gasteiger partial charge in [0.15, 0.2) is 11.6 Å². The number of Topliss-reactive ketones (excluding diaryl/α,β-unsaturated/α-hetero) is 2. The van der Waals surface area contributed by atoms with Crippen LogP contribution < -0.4 is 20.9 Å². The fraction of sp³-hybridized carbons (Fsp3) is 0.500. The molecule has 0 aliphatic carbocycles. The third kappa shape index (κ3) is 14.4. The Morgan fingerprint density at radius 2 is 0.859 bits per heavy atom. The van der Waals surface area contributed by atoms with Crippen molar-refractivity contribution in [1.29, 1.82) is 0 Å². The van der Waals surface area contributed by atoms with Crippen molar-refractivity contribution in [3.8, 4) is 0 Å². The normalized spacial score (nSPS) is 19.0. The predicted octanol–water partition coefficient (Wildman–Crippen LogP) is 7.53. The number of ether oxygens (including phenoxy) is 2. The highest BCUT2D eigenvalue weighted by Gasteiger charge is 2.41. The number of benzene rings is 4. The first-order chi connectivity index (χ1) is 43.3. The number of carbonyl (C=O) groups is 4. The van der Waals surface area contributed by atoms with Gasteiger partial charge in [-0.05, 0) is 138 Å². The number of halogens is 1. The minimum absolute atomic E-state index is 0.00148. The van der Waals surface area contributed by atoms with Crippen LogP contribution in [-0.2, 0) is 22.3 Å². The number of amides is 2. The summed E-state index contributed by atoms with van der Waals surface area (Å²) in [6, 6.07) is 29.0. The van der Waals surface area contributed by atoms with Crippen molar-refractivity contribution in [3.63, 3.8) is 0 Å². The average molecular weight is 1010 g/mol. The van der Waals surface area contributed by atoms with E-state index in [9.17, 15) is 23.6 Å². The lowest BCUT2D eigenvalue weighted by Crippen LogP contribution is -2.52. The van der Waals surface area contributed by atoms with Gasteiger partial charge >= 0.3 is 0 Å². The molecule has 0 bridgehead atoms. The third-order valence-corrected chi connectivity index (χ3v) is 14.4. The van der Waals surface area contributed by atoms with E-state index in [-0.39, 0.29) is 29.2 Å². The van der Waals surface area contributed by atoms with Crippen molar-refractivity contribution in [2.75, 3.05) is 138 Å². The number of carbonyl (C=O) groups excluding carboxylic acids is 4. The Balaban J connectivity index is -0.000000604. The van der Waals surface area contributed by atoms with Crippen LogP contribution in [0.15, 0.2) is 97.1 Å². The Bertz CT molecular complexity index is 2350. The first-order valence-corrected chi connectivity index (χ1v) is 25.4. The van der Waals surface area contributed by atoms with Gasteiger partial charge in [0.05, 0.1) is 37.5 Å². The monoisotopic (exact) mass is 1010 g/mol. The highest BCUT2D eigenvalue weighted by molar-refractivity contribution is 6.04. The summed E-state index contributed by atoms with van der Waals surface area (Å²) in [5.41, 5.74) is 4.30. The molecule has 402 valence electrons. The lowest BCUT2D eigenvalue weighted by Gasteiger charge is -2.38. The van der Waals surface area contributed by atoms with Crippen molar-refractivity contribution >= 4 is 29.1 Å². The van der Waals surface area contributed by atoms with E-state index in [4.69, 9.17) is 36.2 Å². The standard InChI is InChI=1S/C28H38N4O3.C24H29FN2O3.C4H10N2.9H2/c1-4-28(30(2)3,26(33)23-9-11-25(12-10-23)31-15-13-29-14-16-31)21-22-5-7-24(8-6-22)27(34)32-17-19-35-20-18-32;1-4-24(26(2)3,22(28)19-9-11-21(25)12-10-19)17-18-5-7-20(8-6-18)23(29)27-13-15-30-16-14-27;1-2-6-4-3-5-1;;;;;;;;;/h5-12,29H,4,13-21H2,1-3H3;5-12H,4,13-17H2,1-3H3;5-6H,1-4H2;9*1H/i;;;9*1+1D. The first-order valence-electron chi connectivity index (χ1n) is 34.4. The number of morpholine rings is 2. The molecule has 14 nitrogen and oxygen atoms in total. The van der Waals surface area contributed by atoms with Gasteiger partial charge in [-0.2, -0.15) is 0 Å². The molecule has 0 aromatic heterocycles. The molecule has 4 aromatic rings. The molecule has 2 atom stereocenters. The zero-order valence-electron chi connectivity index (χ0n) is 60.9. The van der Waals surface area contributed by atoms with Gasteiger partial charge in [0.1, 0.15) is 5.82 Å². The van der Waals surface area contributed by atoms with Gasteiger partial charge in [0.25, 0.3) is 11.8 Å². The van der Waals surface area contributed by atoms with Gasteiger partial charge < -0.3 is 40.1 Å². The van der Waals surface area contributed by atoms with Gasteiger partial charge in [0, 0.05) is 133 Å². The number of ketones is 2. The Morgan fingerprint density at radius 3 is 1.20 bits per heavy atom. The van der Waals surface area contributed by atoms with E-state index in [0.29, 0.717) is 95.0 Å². The maximum Gasteiger partial charge on any atom is 0.254 e. The molecule has 4 aliphatic heterocycles. The van der Waals surface area contributed by atoms with Crippen LogP contribution in [0.25, 0.3) is 0 Å². The van der Waals surface area contributed by atoms with Crippen molar-refractivity contribution in [1.82, 2.24) is 35.6 Å². The first kappa shape index (κ1) is 43.2. The summed E-state index contributed by atoms with van der Waals surface area (Å²) in [4.78, 5) is 62.7. The second kappa shape index (κ2) is 26.9. The van der Waals surface area contributed by atoms with Gasteiger partial charge in [-0.3, -0.25) is 29.0 Å². The number of nitrogens with zero attached hydrogens (tertiary/aromatic N) is 5. The molecule has 8 rings (SSSR count). The molecular formula is C56H95FN8O6. The largest absolute Gasteiger partial charge is 0.378 e. The van der Waals surface area contributed by atoms with Gasteiger partial charge in [-0.15, -0.1) is 0 Å². The van der Waals surface area contributed by atoms with E-state index in [0.717, 1.165) is 74.7 Å². The Labute approximate surface area is 449 Å². The number of piperazine rings is 2. The van der Waals surface area contributed by atoms with Crippen LogP contribution in [0.5, 0.6) is 0 Å². The summed E-state index contributed by atoms with van der Waals surface area (Å²) in [6.07, 6.45) is 2.37. The molecule has 0 radical (unpaired) electrons. The van der Waals surface area contributed by atoms with E-state index < -0.39 is 11.1 Å². The lowest BCUT2D eigenvalue weighted by atomic mass is 9.80. The number of rotatable bonds is 15. The maximum absolute atomic E-state index is 13.9. The number of hydrogen-bond donors (Lipinski definition) is 3. The van der Waals surface area contributed by atoms with Crippen LogP contribution in [0.4, 0.5) is 10.1 Å². The van der Waals surface area contributed by atoms with Crippen LogP contribution >= 0.6 is 0 Å². The minimum atomic E-state index is -0.756. The summed E-state index contributed by atoms with van der Waals surface area (Å²) in [5, 5.41) is 9.82. The van der Waals surface area contributed by atoms with Crippen molar-refractivity contribution in [3.05, 3.63) is 136 Å². The summed E-state index contributed by atoms with van der Waals surface area (Å²) in [5.74, 6) is -0.232. The molecule has 0 saturated carbocycles. The van der Waals surface area contributed by atoms with E-state index >= 15 is 0 Å². The lowest BCUT2D eigenvalue weighted by molar-refractivity contribution is 0.0301. The summed E-state index contributed by atoms with van der Waals surface area (Å²) in [7, 11) is 7.74. The van der Waals surface area contributed by atoms with Crippen LogP contribution in [0.2, 0.25) is 0 Å². The quantitative estimate of drug-likeness (QED) is 0.102. The molecule has 2 amide bonds. The summed E-state index contributed by atoms with van der Waals surface area (Å²) >= 11 is 0.